The van der Waals surface area contributed by atoms with Gasteiger partial charge in [0.25, 0.3) is 11.8 Å². The third-order valence-corrected chi connectivity index (χ3v) is 5.75. The van der Waals surface area contributed by atoms with Gasteiger partial charge in [0.15, 0.2) is 18.1 Å². The number of carbonyl (C=O) groups excluding carboxylic acids is 3. The van der Waals surface area contributed by atoms with Gasteiger partial charge in [0, 0.05) is 0 Å². The molecular weight excluding hydrogens is 400 g/mol. The van der Waals surface area contributed by atoms with Gasteiger partial charge in [-0.2, -0.15) is 10.1 Å². The van der Waals surface area contributed by atoms with Gasteiger partial charge in [-0.05, 0) is 62.8 Å². The number of hydrogen-bond donors (Lipinski definition) is 0. The van der Waals surface area contributed by atoms with E-state index in [2.05, 4.69) is 5.10 Å². The summed E-state index contributed by atoms with van der Waals surface area (Å²) < 4.78 is 16.2. The lowest BCUT2D eigenvalue weighted by molar-refractivity contribution is -0.149. The molecule has 2 aliphatic carbocycles. The van der Waals surface area contributed by atoms with E-state index in [0.717, 1.165) is 11.4 Å². The topological polar surface area (TPSA) is 94.5 Å². The lowest BCUT2D eigenvalue weighted by Crippen LogP contribution is -2.28. The van der Waals surface area contributed by atoms with E-state index in [1.807, 2.05) is 19.1 Å². The zero-order valence-electron chi connectivity index (χ0n) is 17.8. The number of hydrazone groups is 1. The molecule has 0 aromatic heterocycles. The summed E-state index contributed by atoms with van der Waals surface area (Å²) >= 11 is 0. The quantitative estimate of drug-likeness (QED) is 0.274. The molecule has 1 aromatic rings. The van der Waals surface area contributed by atoms with Crippen LogP contribution in [0.1, 0.15) is 32.8 Å². The van der Waals surface area contributed by atoms with Gasteiger partial charge in [-0.15, -0.1) is 0 Å². The summed E-state index contributed by atoms with van der Waals surface area (Å²) in [6.45, 7) is 5.53. The second-order valence-electron chi connectivity index (χ2n) is 8.20. The van der Waals surface area contributed by atoms with Gasteiger partial charge in [0.1, 0.15) is 0 Å². The molecule has 8 nitrogen and oxygen atoms in total. The Hall–Kier alpha value is -3.16. The van der Waals surface area contributed by atoms with Crippen LogP contribution in [0.15, 0.2) is 35.5 Å². The van der Waals surface area contributed by atoms with Crippen LogP contribution in [-0.4, -0.2) is 48.3 Å². The van der Waals surface area contributed by atoms with Crippen LogP contribution in [0.25, 0.3) is 0 Å². The fourth-order valence-electron chi connectivity index (χ4n) is 4.55. The number of ether oxygens (including phenoxy) is 3. The third kappa shape index (κ3) is 4.06. The zero-order valence-corrected chi connectivity index (χ0v) is 17.8. The molecule has 2 bridgehead atoms. The number of carbonyl (C=O) groups is 3. The van der Waals surface area contributed by atoms with Gasteiger partial charge in [-0.3, -0.25) is 9.59 Å². The molecule has 4 atom stereocenters. The van der Waals surface area contributed by atoms with Gasteiger partial charge in [-0.1, -0.05) is 12.2 Å². The number of imide groups is 1. The average molecular weight is 426 g/mol. The van der Waals surface area contributed by atoms with E-state index in [9.17, 15) is 14.4 Å². The highest BCUT2D eigenvalue weighted by molar-refractivity contribution is 6.06. The fraction of sp³-hybridized carbons (Fsp3) is 0.478. The highest BCUT2D eigenvalue weighted by atomic mass is 16.6. The Morgan fingerprint density at radius 3 is 2.42 bits per heavy atom. The van der Waals surface area contributed by atoms with Crippen molar-refractivity contribution in [2.24, 2.45) is 28.8 Å². The van der Waals surface area contributed by atoms with Crippen molar-refractivity contribution in [3.8, 4) is 11.5 Å². The number of allylic oxidation sites excluding steroid dienone is 2. The Morgan fingerprint density at radius 1 is 1.13 bits per heavy atom. The monoisotopic (exact) mass is 426 g/mol. The van der Waals surface area contributed by atoms with E-state index in [-0.39, 0.29) is 48.2 Å². The van der Waals surface area contributed by atoms with Crippen LogP contribution in [0.5, 0.6) is 11.5 Å². The molecule has 1 saturated carbocycles. The van der Waals surface area contributed by atoms with E-state index >= 15 is 0 Å². The summed E-state index contributed by atoms with van der Waals surface area (Å²) in [5.41, 5.74) is 0.638. The first-order valence-electron chi connectivity index (χ1n) is 10.6. The van der Waals surface area contributed by atoms with Gasteiger partial charge in [0.05, 0.1) is 30.8 Å². The number of hydrogen-bond acceptors (Lipinski definition) is 7. The molecule has 0 unspecified atom stereocenters. The standard InChI is InChI=1S/C23H26N2O6/c1-4-29-18-9-14(5-8-17(18)30-12-19(26)31-13(2)3)11-24-25-22(27)20-15-6-7-16(10-15)21(20)23(25)28/h5-9,11,13,15-16,20-21H,4,10,12H2,1-3H3/t15-,16-,20-,21+/m0/s1. The van der Waals surface area contributed by atoms with Crippen LogP contribution in [0.3, 0.4) is 0 Å². The van der Waals surface area contributed by atoms with E-state index < -0.39 is 5.97 Å². The van der Waals surface area contributed by atoms with Crippen LogP contribution in [0, 0.1) is 23.7 Å². The molecule has 8 heteroatoms. The highest BCUT2D eigenvalue weighted by Gasteiger charge is 2.59. The maximum atomic E-state index is 12.7. The summed E-state index contributed by atoms with van der Waals surface area (Å²) in [5.74, 6) is -0.353. The highest BCUT2D eigenvalue weighted by Crippen LogP contribution is 2.52. The van der Waals surface area contributed by atoms with Crippen molar-refractivity contribution in [1.29, 1.82) is 0 Å². The minimum absolute atomic E-state index is 0.148. The van der Waals surface area contributed by atoms with Gasteiger partial charge >= 0.3 is 5.97 Å². The third-order valence-electron chi connectivity index (χ3n) is 5.75. The van der Waals surface area contributed by atoms with E-state index in [1.165, 1.54) is 6.21 Å². The second-order valence-corrected chi connectivity index (χ2v) is 8.20. The van der Waals surface area contributed by atoms with Crippen molar-refractivity contribution >= 4 is 24.0 Å². The Balaban J connectivity index is 1.45. The summed E-state index contributed by atoms with van der Waals surface area (Å²) in [4.78, 5) is 37.2. The number of rotatable bonds is 8. The van der Waals surface area contributed by atoms with E-state index in [4.69, 9.17) is 14.2 Å². The second kappa shape index (κ2) is 8.53. The van der Waals surface area contributed by atoms with Crippen LogP contribution in [-0.2, 0) is 19.1 Å². The Morgan fingerprint density at radius 2 is 1.81 bits per heavy atom. The number of fused-ring (bicyclic) bond motifs is 5. The predicted octanol–water partition coefficient (Wildman–Crippen LogP) is 2.56. The van der Waals surface area contributed by atoms with Crippen LogP contribution >= 0.6 is 0 Å². The summed E-state index contributed by atoms with van der Waals surface area (Å²) in [6, 6.07) is 5.06. The van der Waals surface area contributed by atoms with E-state index in [1.54, 1.807) is 32.0 Å². The van der Waals surface area contributed by atoms with Crippen molar-refractivity contribution in [3.05, 3.63) is 35.9 Å². The predicted molar refractivity (Wildman–Crippen MR) is 111 cm³/mol. The molecule has 0 spiro atoms. The molecule has 3 aliphatic rings. The smallest absolute Gasteiger partial charge is 0.344 e. The van der Waals surface area contributed by atoms with Crippen LogP contribution < -0.4 is 9.47 Å². The zero-order chi connectivity index (χ0) is 22.1. The summed E-state index contributed by atoms with van der Waals surface area (Å²) in [7, 11) is 0. The maximum absolute atomic E-state index is 12.7. The first kappa shape index (κ1) is 21.1. The Bertz CT molecular complexity index is 923. The van der Waals surface area contributed by atoms with Crippen molar-refractivity contribution in [1.82, 2.24) is 5.01 Å². The number of amides is 2. The number of nitrogens with zero attached hydrogens (tertiary/aromatic N) is 2. The normalized spacial score (nSPS) is 26.3. The van der Waals surface area contributed by atoms with Gasteiger partial charge in [0.2, 0.25) is 0 Å². The number of benzene rings is 1. The molecule has 4 rings (SSSR count). The van der Waals surface area contributed by atoms with Crippen molar-refractivity contribution in [2.75, 3.05) is 13.2 Å². The molecule has 164 valence electrons. The first-order chi connectivity index (χ1) is 14.9. The molecule has 0 N–H and O–H groups in total. The SMILES string of the molecule is CCOc1cc(C=NN2C(=O)[C@@H]3[C@H](C2=O)[C@H]2C=C[C@H]3C2)ccc1OCC(=O)OC(C)C. The Kier molecular flexibility index (Phi) is 5.80. The van der Waals surface area contributed by atoms with Crippen molar-refractivity contribution in [3.63, 3.8) is 0 Å². The Labute approximate surface area is 180 Å². The van der Waals surface area contributed by atoms with Crippen LogP contribution in [0.2, 0.25) is 0 Å². The molecule has 1 aromatic carbocycles. The summed E-state index contributed by atoms with van der Waals surface area (Å²) in [5, 5.41) is 5.19. The molecule has 1 heterocycles. The van der Waals surface area contributed by atoms with Crippen LogP contribution in [0.4, 0.5) is 0 Å². The molecule has 1 saturated heterocycles. The van der Waals surface area contributed by atoms with Gasteiger partial charge < -0.3 is 14.2 Å². The first-order valence-corrected chi connectivity index (χ1v) is 10.6. The minimum atomic E-state index is -0.469. The molecule has 31 heavy (non-hydrogen) atoms. The minimum Gasteiger partial charge on any atom is -0.490 e. The summed E-state index contributed by atoms with van der Waals surface area (Å²) in [6.07, 6.45) is 6.23. The molecular formula is C23H26N2O6. The molecule has 2 amide bonds. The molecule has 0 radical (unpaired) electrons. The fourth-order valence-corrected chi connectivity index (χ4v) is 4.55. The lowest BCUT2D eigenvalue weighted by Gasteiger charge is -2.14. The van der Waals surface area contributed by atoms with E-state index in [0.29, 0.717) is 23.7 Å². The molecule has 1 aliphatic heterocycles. The van der Waals surface area contributed by atoms with Crippen molar-refractivity contribution in [2.45, 2.75) is 33.3 Å². The molecule has 2 fully saturated rings. The van der Waals surface area contributed by atoms with Crippen molar-refractivity contribution < 1.29 is 28.6 Å². The number of esters is 1. The largest absolute Gasteiger partial charge is 0.490 e. The van der Waals surface area contributed by atoms with Gasteiger partial charge in [-0.25, -0.2) is 4.79 Å². The maximum Gasteiger partial charge on any atom is 0.344 e. The average Bonchev–Trinajstić information content (AvgIpc) is 3.40. The lowest BCUT2D eigenvalue weighted by atomic mass is 9.85.